The fourth-order valence-electron chi connectivity index (χ4n) is 4.63. The minimum absolute atomic E-state index is 0.225. The third kappa shape index (κ3) is 4.26. The SMILES string of the molecule is COc1c(-c2ccc(N3CC(C)O[C@H](C)C3)cc2)cnc2c(-c3ccc(Cl)nc3)cccc12. The molecule has 0 bridgehead atoms. The lowest BCUT2D eigenvalue weighted by atomic mass is 9.99. The van der Waals surface area contributed by atoms with Gasteiger partial charge in [0.2, 0.25) is 0 Å². The first-order valence-electron chi connectivity index (χ1n) is 11.1. The highest BCUT2D eigenvalue weighted by molar-refractivity contribution is 6.29. The van der Waals surface area contributed by atoms with E-state index in [1.54, 1.807) is 19.4 Å². The summed E-state index contributed by atoms with van der Waals surface area (Å²) in [5, 5.41) is 1.43. The van der Waals surface area contributed by atoms with Gasteiger partial charge in [-0.3, -0.25) is 4.98 Å². The average molecular weight is 460 g/mol. The molecule has 2 atom stereocenters. The van der Waals surface area contributed by atoms with Crippen LogP contribution in [-0.4, -0.2) is 42.4 Å². The summed E-state index contributed by atoms with van der Waals surface area (Å²) in [6, 6.07) is 18.5. The number of ether oxygens (including phenoxy) is 2. The molecular formula is C27H26ClN3O2. The number of hydrogen-bond donors (Lipinski definition) is 0. The van der Waals surface area contributed by atoms with E-state index in [0.717, 1.165) is 52.0 Å². The van der Waals surface area contributed by atoms with Crippen molar-refractivity contribution in [3.8, 4) is 28.0 Å². The summed E-state index contributed by atoms with van der Waals surface area (Å²) in [6.45, 7) is 6.04. The van der Waals surface area contributed by atoms with Crippen molar-refractivity contribution in [1.29, 1.82) is 0 Å². The van der Waals surface area contributed by atoms with Crippen LogP contribution >= 0.6 is 11.6 Å². The molecule has 6 heteroatoms. The molecule has 0 aliphatic carbocycles. The number of rotatable bonds is 4. The van der Waals surface area contributed by atoms with Crippen molar-refractivity contribution in [2.24, 2.45) is 0 Å². The quantitative estimate of drug-likeness (QED) is 0.338. The lowest BCUT2D eigenvalue weighted by Gasteiger charge is -2.36. The highest BCUT2D eigenvalue weighted by Gasteiger charge is 2.22. The monoisotopic (exact) mass is 459 g/mol. The number of pyridine rings is 2. The predicted molar refractivity (Wildman–Crippen MR) is 134 cm³/mol. The van der Waals surface area contributed by atoms with Gasteiger partial charge in [0.05, 0.1) is 24.8 Å². The standard InChI is InChI=1S/C27H26ClN3O2/c1-17-15-31(16-18(2)33-17)21-10-7-19(8-11-21)24-14-30-26-22(20-9-12-25(28)29-13-20)5-4-6-23(26)27(24)32-3/h4-14,17-18H,15-16H2,1-3H3/t17-,18?/m1/s1. The number of halogens is 1. The zero-order valence-electron chi connectivity index (χ0n) is 19.0. The van der Waals surface area contributed by atoms with Crippen molar-refractivity contribution >= 4 is 28.2 Å². The van der Waals surface area contributed by atoms with E-state index in [2.05, 4.69) is 48.0 Å². The van der Waals surface area contributed by atoms with Gasteiger partial charge in [0, 0.05) is 53.2 Å². The maximum atomic E-state index is 5.97. The molecule has 1 saturated heterocycles. The molecule has 0 N–H and O–H groups in total. The first-order chi connectivity index (χ1) is 16.0. The van der Waals surface area contributed by atoms with Gasteiger partial charge in [-0.25, -0.2) is 4.98 Å². The van der Waals surface area contributed by atoms with Crippen LogP contribution in [0.1, 0.15) is 13.8 Å². The Hall–Kier alpha value is -3.15. The molecule has 0 amide bonds. The zero-order chi connectivity index (χ0) is 22.9. The van der Waals surface area contributed by atoms with Gasteiger partial charge in [-0.1, -0.05) is 35.9 Å². The molecule has 0 radical (unpaired) electrons. The second-order valence-electron chi connectivity index (χ2n) is 8.49. The van der Waals surface area contributed by atoms with Crippen molar-refractivity contribution in [3.63, 3.8) is 0 Å². The molecule has 1 fully saturated rings. The summed E-state index contributed by atoms with van der Waals surface area (Å²) in [4.78, 5) is 11.4. The van der Waals surface area contributed by atoms with Crippen LogP contribution in [0.15, 0.2) is 67.0 Å². The number of nitrogens with zero attached hydrogens (tertiary/aromatic N) is 3. The molecule has 3 heterocycles. The van der Waals surface area contributed by atoms with E-state index in [4.69, 9.17) is 26.1 Å². The summed E-state index contributed by atoms with van der Waals surface area (Å²) >= 11 is 5.97. The van der Waals surface area contributed by atoms with Crippen molar-refractivity contribution < 1.29 is 9.47 Å². The topological polar surface area (TPSA) is 47.5 Å². The number of para-hydroxylation sites is 1. The molecule has 1 aliphatic rings. The molecule has 5 rings (SSSR count). The first kappa shape index (κ1) is 21.7. The summed E-state index contributed by atoms with van der Waals surface area (Å²) in [7, 11) is 1.71. The third-order valence-corrected chi connectivity index (χ3v) is 6.28. The van der Waals surface area contributed by atoms with E-state index < -0.39 is 0 Å². The van der Waals surface area contributed by atoms with E-state index in [-0.39, 0.29) is 12.2 Å². The van der Waals surface area contributed by atoms with E-state index in [1.807, 2.05) is 30.5 Å². The fourth-order valence-corrected chi connectivity index (χ4v) is 4.74. The van der Waals surface area contributed by atoms with Gasteiger partial charge in [-0.05, 0) is 49.7 Å². The number of benzene rings is 2. The Morgan fingerprint density at radius 2 is 1.61 bits per heavy atom. The molecule has 168 valence electrons. The van der Waals surface area contributed by atoms with Crippen LogP contribution in [0.5, 0.6) is 5.75 Å². The zero-order valence-corrected chi connectivity index (χ0v) is 19.7. The molecule has 2 aromatic carbocycles. The normalized spacial score (nSPS) is 18.5. The van der Waals surface area contributed by atoms with Gasteiger partial charge in [0.25, 0.3) is 0 Å². The minimum Gasteiger partial charge on any atom is -0.495 e. The average Bonchev–Trinajstić information content (AvgIpc) is 2.83. The van der Waals surface area contributed by atoms with Crippen molar-refractivity contribution in [2.75, 3.05) is 25.1 Å². The molecule has 0 saturated carbocycles. The summed E-state index contributed by atoms with van der Waals surface area (Å²) in [5.41, 5.74) is 6.06. The van der Waals surface area contributed by atoms with E-state index in [0.29, 0.717) is 5.15 Å². The maximum absolute atomic E-state index is 5.97. The smallest absolute Gasteiger partial charge is 0.137 e. The molecule has 1 aliphatic heterocycles. The molecule has 1 unspecified atom stereocenters. The lowest BCUT2D eigenvalue weighted by Crippen LogP contribution is -2.45. The molecule has 2 aromatic heterocycles. The summed E-state index contributed by atoms with van der Waals surface area (Å²) in [6.07, 6.45) is 4.11. The van der Waals surface area contributed by atoms with E-state index >= 15 is 0 Å². The maximum Gasteiger partial charge on any atom is 0.137 e. The number of hydrogen-bond acceptors (Lipinski definition) is 5. The van der Waals surface area contributed by atoms with Crippen LogP contribution in [0.25, 0.3) is 33.2 Å². The van der Waals surface area contributed by atoms with Crippen LogP contribution in [-0.2, 0) is 4.74 Å². The first-order valence-corrected chi connectivity index (χ1v) is 11.5. The lowest BCUT2D eigenvalue weighted by molar-refractivity contribution is -0.00521. The summed E-state index contributed by atoms with van der Waals surface area (Å²) < 4.78 is 11.8. The highest BCUT2D eigenvalue weighted by atomic mass is 35.5. The van der Waals surface area contributed by atoms with Crippen molar-refractivity contribution in [1.82, 2.24) is 9.97 Å². The van der Waals surface area contributed by atoms with Crippen LogP contribution in [0.2, 0.25) is 5.15 Å². The number of morpholine rings is 1. The van der Waals surface area contributed by atoms with Crippen molar-refractivity contribution in [2.45, 2.75) is 26.1 Å². The molecule has 4 aromatic rings. The Kier molecular flexibility index (Phi) is 5.92. The summed E-state index contributed by atoms with van der Waals surface area (Å²) in [5.74, 6) is 0.810. The number of anilines is 1. The van der Waals surface area contributed by atoms with Gasteiger partial charge >= 0.3 is 0 Å². The highest BCUT2D eigenvalue weighted by Crippen LogP contribution is 2.39. The number of fused-ring (bicyclic) bond motifs is 1. The Morgan fingerprint density at radius 3 is 2.27 bits per heavy atom. The van der Waals surface area contributed by atoms with Gasteiger partial charge < -0.3 is 14.4 Å². The minimum atomic E-state index is 0.225. The molecule has 33 heavy (non-hydrogen) atoms. The predicted octanol–water partition coefficient (Wildman–Crippen LogP) is 6.24. The van der Waals surface area contributed by atoms with E-state index in [1.165, 1.54) is 5.69 Å². The molecule has 0 spiro atoms. The van der Waals surface area contributed by atoms with Crippen LogP contribution in [0, 0.1) is 0 Å². The fraction of sp³-hybridized carbons (Fsp3) is 0.259. The van der Waals surface area contributed by atoms with Gasteiger partial charge in [0.1, 0.15) is 10.9 Å². The van der Waals surface area contributed by atoms with E-state index in [9.17, 15) is 0 Å². The van der Waals surface area contributed by atoms with Crippen LogP contribution in [0.4, 0.5) is 5.69 Å². The molecular weight excluding hydrogens is 434 g/mol. The Bertz CT molecular complexity index is 1270. The second kappa shape index (κ2) is 9.00. The molecule has 5 nitrogen and oxygen atoms in total. The van der Waals surface area contributed by atoms with Crippen LogP contribution < -0.4 is 9.64 Å². The van der Waals surface area contributed by atoms with Gasteiger partial charge in [0.15, 0.2) is 0 Å². The Labute approximate surface area is 199 Å². The van der Waals surface area contributed by atoms with Gasteiger partial charge in [-0.15, -0.1) is 0 Å². The second-order valence-corrected chi connectivity index (χ2v) is 8.87. The van der Waals surface area contributed by atoms with Crippen LogP contribution in [0.3, 0.4) is 0 Å². The van der Waals surface area contributed by atoms with Crippen molar-refractivity contribution in [3.05, 3.63) is 72.1 Å². The largest absolute Gasteiger partial charge is 0.495 e. The number of methoxy groups -OCH3 is 1. The third-order valence-electron chi connectivity index (χ3n) is 6.05. The Balaban J connectivity index is 1.53. The Morgan fingerprint density at radius 1 is 0.879 bits per heavy atom. The van der Waals surface area contributed by atoms with Gasteiger partial charge in [-0.2, -0.15) is 0 Å². The number of aromatic nitrogens is 2.